The summed E-state index contributed by atoms with van der Waals surface area (Å²) in [6.45, 7) is 11.7. The van der Waals surface area contributed by atoms with E-state index < -0.39 is 124 Å². The number of nitrogens with one attached hydrogen (secondary N) is 3. The zero-order valence-electron chi connectivity index (χ0n) is 35.2. The highest BCUT2D eigenvalue weighted by atomic mass is 32.2. The summed E-state index contributed by atoms with van der Waals surface area (Å²) in [5.74, 6) is -9.04. The van der Waals surface area contributed by atoms with Gasteiger partial charge in [0.1, 0.15) is 35.6 Å². The predicted molar refractivity (Wildman–Crippen MR) is 217 cm³/mol. The molecule has 2 aromatic rings. The second-order valence-electron chi connectivity index (χ2n) is 17.5. The van der Waals surface area contributed by atoms with Crippen molar-refractivity contribution in [1.29, 1.82) is 0 Å². The van der Waals surface area contributed by atoms with E-state index in [1.807, 2.05) is 4.72 Å². The first-order valence-corrected chi connectivity index (χ1v) is 21.7. The Kier molecular flexibility index (Phi) is 13.6. The number of hydrogen-bond acceptors (Lipinski definition) is 11. The quantitative estimate of drug-likeness (QED) is 0.160. The average molecular weight is 879 g/mol. The smallest absolute Gasteiger partial charge is 0.408 e. The highest BCUT2D eigenvalue weighted by Crippen LogP contribution is 2.50. The Hall–Kier alpha value is -4.49. The Morgan fingerprint density at radius 3 is 2.25 bits per heavy atom. The molecule has 60 heavy (non-hydrogen) atoms. The predicted octanol–water partition coefficient (Wildman–Crippen LogP) is 6.33. The number of sulfonamides is 1. The van der Waals surface area contributed by atoms with Crippen LogP contribution in [0, 0.1) is 17.8 Å². The second kappa shape index (κ2) is 17.5. The summed E-state index contributed by atoms with van der Waals surface area (Å²) in [6, 6.07) is 2.87. The normalized spacial score (nSPS) is 24.9. The lowest BCUT2D eigenvalue weighted by Crippen LogP contribution is -2.59. The third kappa shape index (κ3) is 10.3. The lowest BCUT2D eigenvalue weighted by Gasteiger charge is -2.28. The number of carbonyl (C=O) groups is 4. The Morgan fingerprint density at radius 1 is 1.05 bits per heavy atom. The molecule has 3 N–H and O–H groups in total. The van der Waals surface area contributed by atoms with Crippen molar-refractivity contribution in [3.63, 3.8) is 0 Å². The number of alkyl carbamates (subject to hydrolysis) is 1. The number of methoxy groups -OCH3 is 1. The molecule has 1 saturated heterocycles. The number of aromatic nitrogens is 2. The fourth-order valence-electron chi connectivity index (χ4n) is 6.78. The minimum atomic E-state index is -4.29. The van der Waals surface area contributed by atoms with Crippen LogP contribution in [-0.4, -0.2) is 102 Å². The van der Waals surface area contributed by atoms with Crippen LogP contribution in [0.25, 0.3) is 11.0 Å². The van der Waals surface area contributed by atoms with E-state index in [-0.39, 0.29) is 34.6 Å². The van der Waals surface area contributed by atoms with E-state index in [9.17, 15) is 36.4 Å². The first kappa shape index (κ1) is 46.6. The number of benzene rings is 1. The van der Waals surface area contributed by atoms with Crippen molar-refractivity contribution in [2.45, 2.75) is 140 Å². The molecule has 4 amide bonds. The summed E-state index contributed by atoms with van der Waals surface area (Å²) >= 11 is 0. The van der Waals surface area contributed by atoms with E-state index in [1.165, 1.54) is 39.2 Å². The number of hydrogen-bond donors (Lipinski definition) is 3. The SMILES string of the molecule is CC(C)C.CCCCC(F)(F)c1nc2ccc(OC)cc2nc1O[C@H]1CN(C(=O)CNC(=O)OC2(C)CC2)[C@H](C(=O)N[C@]2(C(=O)NS(=O)(=O)C3(C)CC3)C[C@H]2C(F)F)[C@@H]1C.[HH].[HH].[HH]. The van der Waals surface area contributed by atoms with E-state index in [1.54, 1.807) is 13.8 Å². The zero-order valence-corrected chi connectivity index (χ0v) is 36.0. The largest absolute Gasteiger partial charge is 0.497 e. The van der Waals surface area contributed by atoms with Gasteiger partial charge < -0.3 is 29.7 Å². The fourth-order valence-corrected chi connectivity index (χ4v) is 8.10. The summed E-state index contributed by atoms with van der Waals surface area (Å²) in [5.41, 5.74) is -3.53. The highest BCUT2D eigenvalue weighted by molar-refractivity contribution is 7.91. The molecule has 5 atom stereocenters. The molecule has 1 aliphatic heterocycles. The van der Waals surface area contributed by atoms with E-state index in [4.69, 9.17) is 14.2 Å². The maximum Gasteiger partial charge on any atom is 0.408 e. The summed E-state index contributed by atoms with van der Waals surface area (Å²) in [5, 5.41) is 4.65. The number of halogens is 4. The van der Waals surface area contributed by atoms with E-state index in [2.05, 4.69) is 41.4 Å². The van der Waals surface area contributed by atoms with Crippen molar-refractivity contribution in [2.24, 2.45) is 17.8 Å². The third-order valence-corrected chi connectivity index (χ3v) is 13.4. The third-order valence-electron chi connectivity index (χ3n) is 11.3. The van der Waals surface area contributed by atoms with Crippen molar-refractivity contribution in [1.82, 2.24) is 30.2 Å². The zero-order chi connectivity index (χ0) is 44.6. The number of likely N-dealkylation sites (tertiary alicyclic amines) is 1. The fraction of sp³-hybridized carbons (Fsp3) is 0.700. The highest BCUT2D eigenvalue weighted by Gasteiger charge is 2.67. The van der Waals surface area contributed by atoms with Crippen LogP contribution in [0.3, 0.4) is 0 Å². The second-order valence-corrected chi connectivity index (χ2v) is 19.7. The number of nitrogens with zero attached hydrogens (tertiary/aromatic N) is 3. The van der Waals surface area contributed by atoms with Crippen LogP contribution < -0.4 is 24.8 Å². The van der Waals surface area contributed by atoms with E-state index in [0.29, 0.717) is 25.0 Å². The Morgan fingerprint density at radius 2 is 1.70 bits per heavy atom. The van der Waals surface area contributed by atoms with Crippen molar-refractivity contribution < 1.29 is 63.6 Å². The number of unbranched alkanes of at least 4 members (excludes halogenated alkanes) is 1. The topological polar surface area (TPSA) is 195 Å². The molecule has 3 saturated carbocycles. The van der Waals surface area contributed by atoms with Gasteiger partial charge >= 0.3 is 6.09 Å². The van der Waals surface area contributed by atoms with Crippen molar-refractivity contribution in [3.8, 4) is 11.6 Å². The molecule has 1 aromatic carbocycles. The van der Waals surface area contributed by atoms with Gasteiger partial charge in [0.05, 0.1) is 35.4 Å². The van der Waals surface area contributed by atoms with Crippen molar-refractivity contribution in [3.05, 3.63) is 23.9 Å². The van der Waals surface area contributed by atoms with Crippen LogP contribution in [0.2, 0.25) is 0 Å². The van der Waals surface area contributed by atoms with Crippen molar-refractivity contribution in [2.75, 3.05) is 20.2 Å². The Labute approximate surface area is 351 Å². The number of ether oxygens (including phenoxy) is 3. The summed E-state index contributed by atoms with van der Waals surface area (Å²) < 4.78 is 103. The molecular formula is C40H62F4N6O9S. The van der Waals surface area contributed by atoms with Gasteiger partial charge in [-0.05, 0) is 70.4 Å². The van der Waals surface area contributed by atoms with Crippen LogP contribution in [-0.2, 0) is 35.1 Å². The van der Waals surface area contributed by atoms with Crippen LogP contribution in [0.15, 0.2) is 18.2 Å². The van der Waals surface area contributed by atoms with Gasteiger partial charge in [0.15, 0.2) is 5.69 Å². The van der Waals surface area contributed by atoms with E-state index in [0.717, 1.165) is 10.8 Å². The molecule has 0 spiro atoms. The van der Waals surface area contributed by atoms with Crippen molar-refractivity contribution >= 4 is 44.9 Å². The standard InChI is InChI=1S/C36H46F4N6O9S.C4H10.3H2/c1-6-7-10-36(39,40)27-30(43-23-15-20(53-5)8-9-22(23)42-27)54-24-18-46(25(47)17-41-32(50)55-33(3)11-12-33)26(19(24)2)29(48)44-35(16-21(35)28(37)38)31(49)45-56(51,52)34(4)13-14-34;1-4(2)3;;;/h8-9,15,19,21,24,26,28H,6-7,10-14,16-18H2,1-5H3,(H,41,50)(H,44,48)(H,45,49);4H,1-3H3;3*1H/t19-,21+,24+,26+,35-;;;;/m1..../s1. The minimum Gasteiger partial charge on any atom is -0.497 e. The first-order chi connectivity index (χ1) is 27.9. The molecule has 20 heteroatoms. The van der Waals surface area contributed by atoms with Crippen LogP contribution in [0.4, 0.5) is 22.4 Å². The van der Waals surface area contributed by atoms with Gasteiger partial charge in [-0.15, -0.1) is 0 Å². The molecule has 4 aliphatic rings. The Balaban J connectivity index is 0.00000187. The molecule has 15 nitrogen and oxygen atoms in total. The summed E-state index contributed by atoms with van der Waals surface area (Å²) in [4.78, 5) is 63.4. The number of amides is 4. The molecule has 2 heterocycles. The van der Waals surface area contributed by atoms with E-state index >= 15 is 8.78 Å². The van der Waals surface area contributed by atoms with Crippen LogP contribution in [0.5, 0.6) is 11.6 Å². The number of rotatable bonds is 16. The van der Waals surface area contributed by atoms with Gasteiger partial charge in [0, 0.05) is 22.7 Å². The first-order valence-electron chi connectivity index (χ1n) is 20.3. The molecule has 0 radical (unpaired) electrons. The molecule has 1 aromatic heterocycles. The Bertz CT molecular complexity index is 2080. The van der Waals surface area contributed by atoms with Gasteiger partial charge in [-0.1, -0.05) is 41.0 Å². The molecule has 0 bridgehead atoms. The molecule has 0 unspecified atom stereocenters. The molecule has 4 fully saturated rings. The van der Waals surface area contributed by atoms with Gasteiger partial charge in [0.2, 0.25) is 34.1 Å². The minimum absolute atomic E-state index is 0. The molecular weight excluding hydrogens is 817 g/mol. The summed E-state index contributed by atoms with van der Waals surface area (Å²) in [6.07, 6.45) is -4.12. The van der Waals surface area contributed by atoms with Gasteiger partial charge in [-0.3, -0.25) is 19.1 Å². The monoisotopic (exact) mass is 878 g/mol. The van der Waals surface area contributed by atoms with Crippen LogP contribution in [0.1, 0.15) is 110 Å². The molecule has 340 valence electrons. The maximum absolute atomic E-state index is 15.8. The maximum atomic E-state index is 15.8. The van der Waals surface area contributed by atoms with Crippen LogP contribution >= 0.6 is 0 Å². The lowest BCUT2D eigenvalue weighted by molar-refractivity contribution is -0.140. The average Bonchev–Trinajstić information content (AvgIpc) is 4.12. The molecule has 6 rings (SSSR count). The van der Waals surface area contributed by atoms with Gasteiger partial charge in [0.25, 0.3) is 11.8 Å². The van der Waals surface area contributed by atoms with Gasteiger partial charge in [-0.2, -0.15) is 8.78 Å². The van der Waals surface area contributed by atoms with Gasteiger partial charge in [-0.25, -0.2) is 32.0 Å². The summed E-state index contributed by atoms with van der Waals surface area (Å²) in [7, 11) is -2.89. The number of carbonyl (C=O) groups excluding carboxylic acids is 4. The number of fused-ring (bicyclic) bond motifs is 1. The lowest BCUT2D eigenvalue weighted by atomic mass is 9.98. The molecule has 3 aliphatic carbocycles. The number of alkyl halides is 4.